The van der Waals surface area contributed by atoms with Gasteiger partial charge in [-0.05, 0) is 52.4 Å². The van der Waals surface area contributed by atoms with Crippen LogP contribution in [0.1, 0.15) is 25.7 Å². The van der Waals surface area contributed by atoms with E-state index in [4.69, 9.17) is 0 Å². The Hall–Kier alpha value is -0.120. The zero-order valence-corrected chi connectivity index (χ0v) is 9.26. The molecule has 14 heavy (non-hydrogen) atoms. The highest BCUT2D eigenvalue weighted by molar-refractivity contribution is 4.83. The molecular formula is C11H23N3. The van der Waals surface area contributed by atoms with Crippen LogP contribution in [-0.4, -0.2) is 50.2 Å². The van der Waals surface area contributed by atoms with E-state index in [-0.39, 0.29) is 0 Å². The predicted molar refractivity (Wildman–Crippen MR) is 59.5 cm³/mol. The molecule has 2 fully saturated rings. The first-order chi connectivity index (χ1) is 6.84. The van der Waals surface area contributed by atoms with Crippen molar-refractivity contribution < 1.29 is 0 Å². The average Bonchev–Trinajstić information content (AvgIpc) is 2.43. The summed E-state index contributed by atoms with van der Waals surface area (Å²) in [5, 5.41) is 7.27. The zero-order chi connectivity index (χ0) is 9.80. The molecule has 3 nitrogen and oxygen atoms in total. The summed E-state index contributed by atoms with van der Waals surface area (Å²) in [4.78, 5) is 2.42. The lowest BCUT2D eigenvalue weighted by atomic mass is 10.1. The molecule has 2 unspecified atom stereocenters. The molecule has 2 heterocycles. The van der Waals surface area contributed by atoms with Crippen molar-refractivity contribution >= 4 is 0 Å². The van der Waals surface area contributed by atoms with E-state index < -0.39 is 0 Å². The molecule has 2 aliphatic rings. The van der Waals surface area contributed by atoms with Gasteiger partial charge in [0.2, 0.25) is 0 Å². The fourth-order valence-corrected chi connectivity index (χ4v) is 2.59. The average molecular weight is 197 g/mol. The van der Waals surface area contributed by atoms with E-state index in [1.165, 1.54) is 51.9 Å². The minimum atomic E-state index is 0.753. The Morgan fingerprint density at radius 3 is 2.86 bits per heavy atom. The lowest BCUT2D eigenvalue weighted by molar-refractivity contribution is 0.368. The van der Waals surface area contributed by atoms with E-state index in [0.717, 1.165) is 12.1 Å². The van der Waals surface area contributed by atoms with Crippen LogP contribution in [0.5, 0.6) is 0 Å². The van der Waals surface area contributed by atoms with Gasteiger partial charge in [0, 0.05) is 18.6 Å². The third-order valence-corrected chi connectivity index (χ3v) is 3.44. The molecule has 2 saturated heterocycles. The Morgan fingerprint density at radius 2 is 2.07 bits per heavy atom. The van der Waals surface area contributed by atoms with Gasteiger partial charge in [-0.15, -0.1) is 0 Å². The summed E-state index contributed by atoms with van der Waals surface area (Å²) in [6, 6.07) is 1.52. The van der Waals surface area contributed by atoms with E-state index >= 15 is 0 Å². The van der Waals surface area contributed by atoms with Crippen LogP contribution < -0.4 is 10.6 Å². The predicted octanol–water partition coefficient (Wildman–Crippen LogP) is 0.422. The molecule has 2 atom stereocenters. The molecule has 0 radical (unpaired) electrons. The summed E-state index contributed by atoms with van der Waals surface area (Å²) in [7, 11) is 2.22. The molecule has 0 amide bonds. The molecule has 3 heteroatoms. The first kappa shape index (κ1) is 10.4. The molecule has 0 aromatic heterocycles. The van der Waals surface area contributed by atoms with E-state index in [2.05, 4.69) is 22.6 Å². The lowest BCUT2D eigenvalue weighted by Crippen LogP contribution is -2.40. The van der Waals surface area contributed by atoms with Crippen LogP contribution in [0.2, 0.25) is 0 Å². The van der Waals surface area contributed by atoms with Crippen molar-refractivity contribution in [3.8, 4) is 0 Å². The van der Waals surface area contributed by atoms with Crippen LogP contribution in [0.25, 0.3) is 0 Å². The van der Waals surface area contributed by atoms with Gasteiger partial charge in [-0.2, -0.15) is 0 Å². The smallest absolute Gasteiger partial charge is 0.0209 e. The molecule has 0 aliphatic carbocycles. The molecule has 0 saturated carbocycles. The number of rotatable bonds is 2. The summed E-state index contributed by atoms with van der Waals surface area (Å²) < 4.78 is 0. The fourth-order valence-electron chi connectivity index (χ4n) is 2.59. The minimum Gasteiger partial charge on any atom is -0.317 e. The van der Waals surface area contributed by atoms with Crippen LogP contribution in [0.15, 0.2) is 0 Å². The van der Waals surface area contributed by atoms with Crippen molar-refractivity contribution in [1.82, 2.24) is 15.5 Å². The topological polar surface area (TPSA) is 27.3 Å². The summed E-state index contributed by atoms with van der Waals surface area (Å²) in [5.74, 6) is 0. The maximum atomic E-state index is 3.81. The van der Waals surface area contributed by atoms with Gasteiger partial charge in [-0.25, -0.2) is 0 Å². The number of likely N-dealkylation sites (N-methyl/N-ethyl adjacent to an activating group) is 1. The minimum absolute atomic E-state index is 0.753. The summed E-state index contributed by atoms with van der Waals surface area (Å²) in [6.45, 7) is 4.91. The van der Waals surface area contributed by atoms with Gasteiger partial charge in [0.05, 0.1) is 0 Å². The van der Waals surface area contributed by atoms with Gasteiger partial charge in [-0.3, -0.25) is 0 Å². The van der Waals surface area contributed by atoms with Crippen molar-refractivity contribution in [3.63, 3.8) is 0 Å². The molecule has 82 valence electrons. The number of hydrogen-bond acceptors (Lipinski definition) is 3. The highest BCUT2D eigenvalue weighted by atomic mass is 15.2. The third kappa shape index (κ3) is 2.94. The van der Waals surface area contributed by atoms with E-state index in [1.807, 2.05) is 0 Å². The van der Waals surface area contributed by atoms with E-state index in [1.54, 1.807) is 0 Å². The van der Waals surface area contributed by atoms with Crippen molar-refractivity contribution in [2.45, 2.75) is 37.8 Å². The van der Waals surface area contributed by atoms with Gasteiger partial charge in [0.25, 0.3) is 0 Å². The Bertz CT molecular complexity index is 164. The first-order valence-electron chi connectivity index (χ1n) is 6.00. The van der Waals surface area contributed by atoms with Gasteiger partial charge < -0.3 is 15.5 Å². The van der Waals surface area contributed by atoms with Crippen LogP contribution in [0.3, 0.4) is 0 Å². The second kappa shape index (κ2) is 5.10. The molecule has 2 aliphatic heterocycles. The van der Waals surface area contributed by atoms with Crippen LogP contribution in [0, 0.1) is 0 Å². The Morgan fingerprint density at radius 1 is 1.14 bits per heavy atom. The highest BCUT2D eigenvalue weighted by Crippen LogP contribution is 2.11. The van der Waals surface area contributed by atoms with Crippen LogP contribution in [-0.2, 0) is 0 Å². The molecule has 0 bridgehead atoms. The van der Waals surface area contributed by atoms with Crippen molar-refractivity contribution in [2.24, 2.45) is 0 Å². The summed E-state index contributed by atoms with van der Waals surface area (Å²) in [6.07, 6.45) is 5.33. The summed E-state index contributed by atoms with van der Waals surface area (Å²) >= 11 is 0. The lowest BCUT2D eigenvalue weighted by Gasteiger charge is -2.21. The molecule has 0 aromatic carbocycles. The number of nitrogens with one attached hydrogen (secondary N) is 2. The molecular weight excluding hydrogens is 174 g/mol. The number of hydrogen-bond donors (Lipinski definition) is 2. The standard InChI is InChI=1S/C11H23N3/c1-14-8-5-11(9-14)13-10-3-2-6-12-7-4-10/h10-13H,2-9H2,1H3. The second-order valence-electron chi connectivity index (χ2n) is 4.79. The van der Waals surface area contributed by atoms with Gasteiger partial charge in [0.15, 0.2) is 0 Å². The van der Waals surface area contributed by atoms with Gasteiger partial charge >= 0.3 is 0 Å². The van der Waals surface area contributed by atoms with Crippen LogP contribution >= 0.6 is 0 Å². The molecule has 0 aromatic rings. The quantitative estimate of drug-likeness (QED) is 0.672. The molecule has 2 rings (SSSR count). The normalized spacial score (nSPS) is 35.8. The Kier molecular flexibility index (Phi) is 3.79. The highest BCUT2D eigenvalue weighted by Gasteiger charge is 2.22. The fraction of sp³-hybridized carbons (Fsp3) is 1.00. The maximum absolute atomic E-state index is 3.81. The molecule has 2 N–H and O–H groups in total. The Balaban J connectivity index is 1.72. The van der Waals surface area contributed by atoms with Gasteiger partial charge in [-0.1, -0.05) is 0 Å². The van der Waals surface area contributed by atoms with Crippen molar-refractivity contribution in [2.75, 3.05) is 33.2 Å². The largest absolute Gasteiger partial charge is 0.317 e. The first-order valence-corrected chi connectivity index (χ1v) is 6.00. The number of nitrogens with zero attached hydrogens (tertiary/aromatic N) is 1. The zero-order valence-electron chi connectivity index (χ0n) is 9.26. The SMILES string of the molecule is CN1CCC(NC2CCCNCC2)C1. The third-order valence-electron chi connectivity index (χ3n) is 3.44. The van der Waals surface area contributed by atoms with E-state index in [9.17, 15) is 0 Å². The number of likely N-dealkylation sites (tertiary alicyclic amines) is 1. The summed E-state index contributed by atoms with van der Waals surface area (Å²) in [5.41, 5.74) is 0. The van der Waals surface area contributed by atoms with Crippen molar-refractivity contribution in [3.05, 3.63) is 0 Å². The van der Waals surface area contributed by atoms with Crippen LogP contribution in [0.4, 0.5) is 0 Å². The van der Waals surface area contributed by atoms with Crippen molar-refractivity contribution in [1.29, 1.82) is 0 Å². The second-order valence-corrected chi connectivity index (χ2v) is 4.79. The monoisotopic (exact) mass is 197 g/mol. The maximum Gasteiger partial charge on any atom is 0.0209 e. The van der Waals surface area contributed by atoms with E-state index in [0.29, 0.717) is 0 Å². The van der Waals surface area contributed by atoms with Gasteiger partial charge in [0.1, 0.15) is 0 Å². The Labute approximate surface area is 87.2 Å². The molecule has 0 spiro atoms.